The Morgan fingerprint density at radius 1 is 1.40 bits per heavy atom. The molecule has 1 heteroatoms. The van der Waals surface area contributed by atoms with Crippen LogP contribution in [0.25, 0.3) is 0 Å². The van der Waals surface area contributed by atoms with E-state index in [0.717, 1.165) is 6.42 Å². The summed E-state index contributed by atoms with van der Waals surface area (Å²) in [5.74, 6) is 0.701. The third-order valence-electron chi connectivity index (χ3n) is 1.80. The zero-order chi connectivity index (χ0) is 8.15. The van der Waals surface area contributed by atoms with Crippen molar-refractivity contribution in [3.05, 3.63) is 12.7 Å². The summed E-state index contributed by atoms with van der Waals surface area (Å²) >= 11 is 0. The zero-order valence-corrected chi connectivity index (χ0v) is 7.17. The summed E-state index contributed by atoms with van der Waals surface area (Å²) in [4.78, 5) is 0. The average molecular weight is 142 g/mol. The van der Waals surface area contributed by atoms with E-state index >= 15 is 0 Å². The van der Waals surface area contributed by atoms with Crippen LogP contribution in [0.3, 0.4) is 0 Å². The van der Waals surface area contributed by atoms with Gasteiger partial charge in [-0.1, -0.05) is 26.8 Å². The summed E-state index contributed by atoms with van der Waals surface area (Å²) < 4.78 is 0. The number of allylic oxidation sites excluding steroid dienone is 1. The fourth-order valence-electron chi connectivity index (χ4n) is 1.06. The van der Waals surface area contributed by atoms with E-state index in [1.807, 2.05) is 26.8 Å². The number of hydrogen-bond donors (Lipinski definition) is 1. The Kier molecular flexibility index (Phi) is 4.37. The minimum absolute atomic E-state index is 0.182. The molecule has 2 atom stereocenters. The predicted molar refractivity (Wildman–Crippen MR) is 44.8 cm³/mol. The molecule has 0 aliphatic carbocycles. The quantitative estimate of drug-likeness (QED) is 0.597. The molecule has 0 saturated heterocycles. The Labute approximate surface area is 63.8 Å². The molecule has 0 heterocycles. The van der Waals surface area contributed by atoms with Crippen LogP contribution >= 0.6 is 0 Å². The fourth-order valence-corrected chi connectivity index (χ4v) is 1.06. The van der Waals surface area contributed by atoms with E-state index in [1.165, 1.54) is 0 Å². The van der Waals surface area contributed by atoms with Crippen LogP contribution in [0, 0.1) is 11.8 Å². The van der Waals surface area contributed by atoms with Crippen molar-refractivity contribution in [2.24, 2.45) is 11.8 Å². The van der Waals surface area contributed by atoms with Gasteiger partial charge in [0.15, 0.2) is 0 Å². The molecule has 1 unspecified atom stereocenters. The second kappa shape index (κ2) is 4.51. The van der Waals surface area contributed by atoms with E-state index in [0.29, 0.717) is 11.8 Å². The van der Waals surface area contributed by atoms with Crippen molar-refractivity contribution < 1.29 is 5.11 Å². The first-order valence-electron chi connectivity index (χ1n) is 3.88. The highest BCUT2D eigenvalue weighted by atomic mass is 16.3. The van der Waals surface area contributed by atoms with Crippen LogP contribution in [-0.4, -0.2) is 11.2 Å². The van der Waals surface area contributed by atoms with Crippen LogP contribution in [0.2, 0.25) is 0 Å². The molecule has 60 valence electrons. The Morgan fingerprint density at radius 3 is 2.20 bits per heavy atom. The highest BCUT2D eigenvalue weighted by molar-refractivity contribution is 4.76. The number of rotatable bonds is 4. The minimum Gasteiger partial charge on any atom is -0.393 e. The van der Waals surface area contributed by atoms with Crippen molar-refractivity contribution in [1.29, 1.82) is 0 Å². The summed E-state index contributed by atoms with van der Waals surface area (Å²) in [5, 5.41) is 9.48. The molecule has 0 rings (SSSR count). The van der Waals surface area contributed by atoms with Crippen molar-refractivity contribution in [3.8, 4) is 0 Å². The van der Waals surface area contributed by atoms with Gasteiger partial charge in [0.2, 0.25) is 0 Å². The van der Waals surface area contributed by atoms with E-state index in [9.17, 15) is 5.11 Å². The molecule has 0 aromatic rings. The van der Waals surface area contributed by atoms with E-state index in [2.05, 4.69) is 6.58 Å². The molecule has 0 bridgehead atoms. The zero-order valence-electron chi connectivity index (χ0n) is 7.17. The Balaban J connectivity index is 3.68. The number of aliphatic hydroxyl groups is 1. The van der Waals surface area contributed by atoms with E-state index < -0.39 is 0 Å². The Hall–Kier alpha value is -0.300. The highest BCUT2D eigenvalue weighted by Crippen LogP contribution is 2.15. The van der Waals surface area contributed by atoms with Crippen LogP contribution in [0.15, 0.2) is 12.7 Å². The van der Waals surface area contributed by atoms with Crippen molar-refractivity contribution in [2.75, 3.05) is 0 Å². The maximum absolute atomic E-state index is 9.48. The largest absolute Gasteiger partial charge is 0.393 e. The van der Waals surface area contributed by atoms with Gasteiger partial charge < -0.3 is 5.11 Å². The maximum Gasteiger partial charge on any atom is 0.0591 e. The van der Waals surface area contributed by atoms with Gasteiger partial charge in [0, 0.05) is 0 Å². The predicted octanol–water partition coefficient (Wildman–Crippen LogP) is 2.22. The number of aliphatic hydroxyl groups excluding tert-OH is 1. The second-order valence-corrected chi connectivity index (χ2v) is 3.24. The van der Waals surface area contributed by atoms with Crippen LogP contribution in [0.1, 0.15) is 27.2 Å². The lowest BCUT2D eigenvalue weighted by Gasteiger charge is -2.20. The lowest BCUT2D eigenvalue weighted by atomic mass is 9.92. The van der Waals surface area contributed by atoms with Crippen LogP contribution < -0.4 is 0 Å². The second-order valence-electron chi connectivity index (χ2n) is 3.24. The standard InChI is InChI=1S/C9H18O/c1-5-6-8(4)9(10)7(2)3/h5,7-10H,1,6H2,2-4H3/t8-,9?/m0/s1. The third-order valence-corrected chi connectivity index (χ3v) is 1.80. The third kappa shape index (κ3) is 3.02. The lowest BCUT2D eigenvalue weighted by molar-refractivity contribution is 0.0736. The highest BCUT2D eigenvalue weighted by Gasteiger charge is 2.15. The molecule has 0 aliphatic heterocycles. The van der Waals surface area contributed by atoms with Gasteiger partial charge >= 0.3 is 0 Å². The molecule has 0 saturated carbocycles. The van der Waals surface area contributed by atoms with Gasteiger partial charge in [-0.25, -0.2) is 0 Å². The topological polar surface area (TPSA) is 20.2 Å². The van der Waals surface area contributed by atoms with Gasteiger partial charge in [-0.2, -0.15) is 0 Å². The van der Waals surface area contributed by atoms with Gasteiger partial charge in [0.05, 0.1) is 6.10 Å². The van der Waals surface area contributed by atoms with Crippen molar-refractivity contribution in [2.45, 2.75) is 33.3 Å². The first kappa shape index (κ1) is 9.70. The summed E-state index contributed by atoms with van der Waals surface area (Å²) in [7, 11) is 0. The van der Waals surface area contributed by atoms with Crippen LogP contribution in [0.5, 0.6) is 0 Å². The van der Waals surface area contributed by atoms with E-state index in [-0.39, 0.29) is 6.10 Å². The average Bonchev–Trinajstić information content (AvgIpc) is 1.87. The van der Waals surface area contributed by atoms with Gasteiger partial charge in [0.1, 0.15) is 0 Å². The van der Waals surface area contributed by atoms with Gasteiger partial charge in [-0.15, -0.1) is 6.58 Å². The summed E-state index contributed by atoms with van der Waals surface area (Å²) in [6, 6.07) is 0. The normalized spacial score (nSPS) is 16.9. The first-order chi connectivity index (χ1) is 4.59. The SMILES string of the molecule is C=CC[C@H](C)C(O)C(C)C. The smallest absolute Gasteiger partial charge is 0.0591 e. The molecule has 1 N–H and O–H groups in total. The minimum atomic E-state index is -0.182. The summed E-state index contributed by atoms with van der Waals surface area (Å²) in [5.41, 5.74) is 0. The van der Waals surface area contributed by atoms with Crippen molar-refractivity contribution in [3.63, 3.8) is 0 Å². The number of hydrogen-bond acceptors (Lipinski definition) is 1. The lowest BCUT2D eigenvalue weighted by Crippen LogP contribution is -2.22. The molecule has 0 aromatic carbocycles. The molecule has 0 fully saturated rings. The maximum atomic E-state index is 9.48. The molecule has 0 radical (unpaired) electrons. The van der Waals surface area contributed by atoms with Crippen molar-refractivity contribution >= 4 is 0 Å². The molecular formula is C9H18O. The fraction of sp³-hybridized carbons (Fsp3) is 0.778. The molecule has 0 aliphatic rings. The van der Waals surface area contributed by atoms with E-state index in [4.69, 9.17) is 0 Å². The molecule has 1 nitrogen and oxygen atoms in total. The molecule has 10 heavy (non-hydrogen) atoms. The van der Waals surface area contributed by atoms with Crippen LogP contribution in [-0.2, 0) is 0 Å². The summed E-state index contributed by atoms with van der Waals surface area (Å²) in [6.07, 6.45) is 2.58. The van der Waals surface area contributed by atoms with Gasteiger partial charge in [-0.3, -0.25) is 0 Å². The molecule has 0 aromatic heterocycles. The molecule has 0 spiro atoms. The summed E-state index contributed by atoms with van der Waals surface area (Å²) in [6.45, 7) is 9.74. The Bertz CT molecular complexity index is 96.9. The van der Waals surface area contributed by atoms with E-state index in [1.54, 1.807) is 0 Å². The van der Waals surface area contributed by atoms with Crippen LogP contribution in [0.4, 0.5) is 0 Å². The molecule has 0 amide bonds. The molecular weight excluding hydrogens is 124 g/mol. The first-order valence-corrected chi connectivity index (χ1v) is 3.88. The monoisotopic (exact) mass is 142 g/mol. The van der Waals surface area contributed by atoms with Gasteiger partial charge in [0.25, 0.3) is 0 Å². The van der Waals surface area contributed by atoms with Gasteiger partial charge in [-0.05, 0) is 18.3 Å². The van der Waals surface area contributed by atoms with Crippen molar-refractivity contribution in [1.82, 2.24) is 0 Å². The Morgan fingerprint density at radius 2 is 1.90 bits per heavy atom.